The molecule has 19 heavy (non-hydrogen) atoms. The van der Waals surface area contributed by atoms with Gasteiger partial charge >= 0.3 is 0 Å². The molecule has 4 nitrogen and oxygen atoms in total. The summed E-state index contributed by atoms with van der Waals surface area (Å²) in [5, 5.41) is 3.14. The smallest absolute Gasteiger partial charge is 0.227 e. The van der Waals surface area contributed by atoms with Crippen molar-refractivity contribution in [3.05, 3.63) is 35.9 Å². The van der Waals surface area contributed by atoms with E-state index in [2.05, 4.69) is 5.32 Å². The van der Waals surface area contributed by atoms with Crippen LogP contribution in [0.5, 0.6) is 0 Å². The fourth-order valence-corrected chi connectivity index (χ4v) is 2.40. The third-order valence-corrected chi connectivity index (χ3v) is 3.92. The second-order valence-corrected chi connectivity index (χ2v) is 5.22. The van der Waals surface area contributed by atoms with E-state index in [-0.39, 0.29) is 17.4 Å². The number of carbonyl (C=O) groups excluding carboxylic acids is 1. The molecule has 1 aromatic carbocycles. The summed E-state index contributed by atoms with van der Waals surface area (Å²) in [4.78, 5) is 12.4. The zero-order valence-electron chi connectivity index (χ0n) is 11.4. The summed E-state index contributed by atoms with van der Waals surface area (Å²) in [7, 11) is 0. The number of hydrogen-bond acceptors (Lipinski definition) is 3. The second kappa shape index (κ2) is 6.17. The van der Waals surface area contributed by atoms with Crippen molar-refractivity contribution in [1.82, 2.24) is 5.32 Å². The lowest BCUT2D eigenvalue weighted by molar-refractivity contribution is -0.125. The first kappa shape index (κ1) is 14.0. The number of benzene rings is 1. The van der Waals surface area contributed by atoms with E-state index in [1.54, 1.807) is 0 Å². The molecule has 1 saturated heterocycles. The molecule has 1 aliphatic heterocycles. The largest absolute Gasteiger partial charge is 0.381 e. The average Bonchev–Trinajstić information content (AvgIpc) is 2.48. The maximum atomic E-state index is 12.4. The Bertz CT molecular complexity index is 413. The first-order chi connectivity index (χ1) is 9.17. The van der Waals surface area contributed by atoms with Gasteiger partial charge in [-0.15, -0.1) is 0 Å². The van der Waals surface area contributed by atoms with E-state index >= 15 is 0 Å². The fraction of sp³-hybridized carbons (Fsp3) is 0.533. The van der Waals surface area contributed by atoms with Gasteiger partial charge < -0.3 is 15.8 Å². The van der Waals surface area contributed by atoms with Crippen LogP contribution in [-0.4, -0.2) is 31.2 Å². The molecule has 0 aromatic heterocycles. The van der Waals surface area contributed by atoms with Crippen LogP contribution >= 0.6 is 0 Å². The molecule has 1 atom stereocenters. The Kier molecular flexibility index (Phi) is 4.56. The average molecular weight is 262 g/mol. The van der Waals surface area contributed by atoms with Crippen LogP contribution in [-0.2, 0) is 9.53 Å². The van der Waals surface area contributed by atoms with Crippen molar-refractivity contribution in [2.75, 3.05) is 19.8 Å². The van der Waals surface area contributed by atoms with Gasteiger partial charge in [0.05, 0.1) is 11.5 Å². The lowest BCUT2D eigenvalue weighted by Gasteiger charge is -2.37. The highest BCUT2D eigenvalue weighted by Crippen LogP contribution is 2.22. The molecule has 1 amide bonds. The van der Waals surface area contributed by atoms with Crippen LogP contribution in [0, 0.1) is 0 Å². The van der Waals surface area contributed by atoms with Gasteiger partial charge in [-0.25, -0.2) is 0 Å². The highest BCUT2D eigenvalue weighted by atomic mass is 16.5. The highest BCUT2D eigenvalue weighted by Gasteiger charge is 2.34. The molecule has 0 spiro atoms. The van der Waals surface area contributed by atoms with Gasteiger partial charge in [-0.1, -0.05) is 30.3 Å². The Morgan fingerprint density at radius 3 is 2.58 bits per heavy atom. The van der Waals surface area contributed by atoms with E-state index in [0.29, 0.717) is 19.8 Å². The van der Waals surface area contributed by atoms with Crippen molar-refractivity contribution in [1.29, 1.82) is 0 Å². The van der Waals surface area contributed by atoms with E-state index in [9.17, 15) is 4.79 Å². The SMILES string of the molecule is CC(C(=O)NC1(CN)CCOCC1)c1ccccc1. The molecule has 104 valence electrons. The molecular formula is C15H22N2O2. The van der Waals surface area contributed by atoms with Crippen LogP contribution in [0.25, 0.3) is 0 Å². The minimum Gasteiger partial charge on any atom is -0.381 e. The summed E-state index contributed by atoms with van der Waals surface area (Å²) in [5.41, 5.74) is 6.59. The summed E-state index contributed by atoms with van der Waals surface area (Å²) in [6.07, 6.45) is 1.58. The topological polar surface area (TPSA) is 64.4 Å². The van der Waals surface area contributed by atoms with E-state index in [0.717, 1.165) is 18.4 Å². The number of nitrogens with two attached hydrogens (primary N) is 1. The van der Waals surface area contributed by atoms with Crippen molar-refractivity contribution in [3.63, 3.8) is 0 Å². The summed E-state index contributed by atoms with van der Waals surface area (Å²) in [6.45, 7) is 3.71. The number of amides is 1. The Hall–Kier alpha value is -1.39. The second-order valence-electron chi connectivity index (χ2n) is 5.22. The standard InChI is InChI=1S/C15H22N2O2/c1-12(13-5-3-2-4-6-13)14(18)17-15(11-16)7-9-19-10-8-15/h2-6,12H,7-11,16H2,1H3,(H,17,18). The number of carbonyl (C=O) groups is 1. The number of ether oxygens (including phenoxy) is 1. The normalized spacial score (nSPS) is 19.7. The maximum absolute atomic E-state index is 12.4. The molecule has 0 radical (unpaired) electrons. The molecule has 0 aliphatic carbocycles. The summed E-state index contributed by atoms with van der Waals surface area (Å²) in [6, 6.07) is 9.80. The van der Waals surface area contributed by atoms with Crippen LogP contribution < -0.4 is 11.1 Å². The third-order valence-electron chi connectivity index (χ3n) is 3.92. The molecule has 2 rings (SSSR count). The quantitative estimate of drug-likeness (QED) is 0.862. The lowest BCUT2D eigenvalue weighted by atomic mass is 9.88. The highest BCUT2D eigenvalue weighted by molar-refractivity contribution is 5.83. The van der Waals surface area contributed by atoms with Gasteiger partial charge in [0.2, 0.25) is 5.91 Å². The van der Waals surface area contributed by atoms with Crippen molar-refractivity contribution >= 4 is 5.91 Å². The van der Waals surface area contributed by atoms with Gasteiger partial charge in [-0.3, -0.25) is 4.79 Å². The van der Waals surface area contributed by atoms with Crippen LogP contribution in [0.3, 0.4) is 0 Å². The Labute approximate surface area is 114 Å². The molecule has 1 aliphatic rings. The van der Waals surface area contributed by atoms with E-state index in [1.807, 2.05) is 37.3 Å². The number of rotatable bonds is 4. The van der Waals surface area contributed by atoms with Crippen LogP contribution in [0.4, 0.5) is 0 Å². The zero-order valence-corrected chi connectivity index (χ0v) is 11.4. The van der Waals surface area contributed by atoms with Gasteiger partial charge in [0, 0.05) is 19.8 Å². The first-order valence-corrected chi connectivity index (χ1v) is 6.82. The van der Waals surface area contributed by atoms with Gasteiger partial charge in [-0.2, -0.15) is 0 Å². The molecular weight excluding hydrogens is 240 g/mol. The van der Waals surface area contributed by atoms with Gasteiger partial charge in [0.1, 0.15) is 0 Å². The molecule has 1 unspecified atom stereocenters. The van der Waals surface area contributed by atoms with Crippen LogP contribution in [0.2, 0.25) is 0 Å². The molecule has 1 fully saturated rings. The number of hydrogen-bond donors (Lipinski definition) is 2. The fourth-order valence-electron chi connectivity index (χ4n) is 2.40. The van der Waals surface area contributed by atoms with Crippen LogP contribution in [0.15, 0.2) is 30.3 Å². The van der Waals surface area contributed by atoms with E-state index in [4.69, 9.17) is 10.5 Å². The predicted molar refractivity (Wildman–Crippen MR) is 74.8 cm³/mol. The number of nitrogens with one attached hydrogen (secondary N) is 1. The first-order valence-electron chi connectivity index (χ1n) is 6.82. The molecule has 0 bridgehead atoms. The Balaban J connectivity index is 2.03. The molecule has 1 heterocycles. The van der Waals surface area contributed by atoms with Crippen molar-refractivity contribution in [2.45, 2.75) is 31.2 Å². The lowest BCUT2D eigenvalue weighted by Crippen LogP contribution is -2.57. The van der Waals surface area contributed by atoms with Gasteiger partial charge in [-0.05, 0) is 25.3 Å². The van der Waals surface area contributed by atoms with Crippen molar-refractivity contribution in [2.24, 2.45) is 5.73 Å². The summed E-state index contributed by atoms with van der Waals surface area (Å²) in [5.74, 6) is -0.119. The summed E-state index contributed by atoms with van der Waals surface area (Å²) < 4.78 is 5.35. The van der Waals surface area contributed by atoms with Crippen LogP contribution in [0.1, 0.15) is 31.2 Å². The minimum atomic E-state index is -0.293. The summed E-state index contributed by atoms with van der Waals surface area (Å²) >= 11 is 0. The maximum Gasteiger partial charge on any atom is 0.227 e. The zero-order chi connectivity index (χ0) is 13.7. The third kappa shape index (κ3) is 3.33. The van der Waals surface area contributed by atoms with E-state index in [1.165, 1.54) is 0 Å². The van der Waals surface area contributed by atoms with Gasteiger partial charge in [0.25, 0.3) is 0 Å². The van der Waals surface area contributed by atoms with E-state index < -0.39 is 0 Å². The monoisotopic (exact) mass is 262 g/mol. The minimum absolute atomic E-state index is 0.0403. The van der Waals surface area contributed by atoms with Gasteiger partial charge in [0.15, 0.2) is 0 Å². The van der Waals surface area contributed by atoms with Crippen molar-refractivity contribution in [3.8, 4) is 0 Å². The molecule has 1 aromatic rings. The van der Waals surface area contributed by atoms with Crippen molar-refractivity contribution < 1.29 is 9.53 Å². The molecule has 3 N–H and O–H groups in total. The Morgan fingerprint density at radius 2 is 2.00 bits per heavy atom. The molecule has 0 saturated carbocycles. The predicted octanol–water partition coefficient (Wildman–Crippen LogP) is 1.41. The Morgan fingerprint density at radius 1 is 1.37 bits per heavy atom. The molecule has 4 heteroatoms.